The average Bonchev–Trinajstić information content (AvgIpc) is 3.56. The van der Waals surface area contributed by atoms with Gasteiger partial charge >= 0.3 is 6.09 Å². The second kappa shape index (κ2) is 11.7. The van der Waals surface area contributed by atoms with Gasteiger partial charge in [-0.3, -0.25) is 14.5 Å². The monoisotopic (exact) mass is 523 g/mol. The summed E-state index contributed by atoms with van der Waals surface area (Å²) in [6.07, 6.45) is 0.402. The summed E-state index contributed by atoms with van der Waals surface area (Å²) in [4.78, 5) is 40.4. The van der Waals surface area contributed by atoms with Crippen molar-refractivity contribution < 1.29 is 23.5 Å². The van der Waals surface area contributed by atoms with Crippen LogP contribution in [-0.4, -0.2) is 28.8 Å². The van der Waals surface area contributed by atoms with Gasteiger partial charge in [-0.1, -0.05) is 72.3 Å². The van der Waals surface area contributed by atoms with Crippen molar-refractivity contribution in [3.8, 4) is 0 Å². The summed E-state index contributed by atoms with van der Waals surface area (Å²) in [6.45, 7) is 2.39. The largest absolute Gasteiger partial charge is 0.467 e. The Bertz CT molecular complexity index is 1430. The first kappa shape index (κ1) is 25.8. The minimum absolute atomic E-state index is 0.138. The van der Waals surface area contributed by atoms with Crippen LogP contribution in [0.15, 0.2) is 102 Å². The van der Waals surface area contributed by atoms with Gasteiger partial charge in [0.1, 0.15) is 5.76 Å². The molecule has 2 unspecified atom stereocenters. The Balaban J connectivity index is 1.33. The summed E-state index contributed by atoms with van der Waals surface area (Å²) in [5, 5.41) is 5.76. The second-order valence-electron chi connectivity index (χ2n) is 9.50. The van der Waals surface area contributed by atoms with Crippen LogP contribution in [0.4, 0.5) is 10.5 Å². The fraction of sp³-hybridized carbons (Fsp3) is 0.194. The molecule has 1 saturated heterocycles. The molecule has 4 aromatic rings. The first-order chi connectivity index (χ1) is 19.0. The van der Waals surface area contributed by atoms with E-state index >= 15 is 0 Å². The van der Waals surface area contributed by atoms with E-state index in [1.807, 2.05) is 61.5 Å². The first-order valence-electron chi connectivity index (χ1n) is 12.7. The quantitative estimate of drug-likeness (QED) is 0.316. The van der Waals surface area contributed by atoms with E-state index in [1.165, 1.54) is 11.2 Å². The smallest absolute Gasteiger partial charge is 0.411 e. The van der Waals surface area contributed by atoms with Gasteiger partial charge in [0.2, 0.25) is 11.8 Å². The summed E-state index contributed by atoms with van der Waals surface area (Å²) < 4.78 is 11.1. The van der Waals surface area contributed by atoms with Gasteiger partial charge in [-0.25, -0.2) is 4.79 Å². The topological polar surface area (TPSA) is 101 Å². The Morgan fingerprint density at radius 3 is 2.38 bits per heavy atom. The zero-order valence-electron chi connectivity index (χ0n) is 21.5. The SMILES string of the molecule is Cc1cccc(CN2C(=O)OC(c3ccc(NC(=O)Cc4ccccc4)cc3)C2C(=O)NCc2ccco2)c1. The molecule has 0 radical (unpaired) electrons. The van der Waals surface area contributed by atoms with Crippen LogP contribution in [0, 0.1) is 6.92 Å². The Morgan fingerprint density at radius 2 is 1.67 bits per heavy atom. The number of benzene rings is 3. The molecule has 0 saturated carbocycles. The molecule has 1 fully saturated rings. The Labute approximate surface area is 226 Å². The summed E-state index contributed by atoms with van der Waals surface area (Å²) in [5.41, 5.74) is 4.13. The van der Waals surface area contributed by atoms with Crippen molar-refractivity contribution in [2.45, 2.75) is 38.6 Å². The van der Waals surface area contributed by atoms with Gasteiger partial charge in [0.25, 0.3) is 0 Å². The van der Waals surface area contributed by atoms with Crippen molar-refractivity contribution in [1.82, 2.24) is 10.2 Å². The van der Waals surface area contributed by atoms with Gasteiger partial charge < -0.3 is 19.8 Å². The molecule has 0 spiro atoms. The molecule has 1 aliphatic rings. The van der Waals surface area contributed by atoms with Crippen LogP contribution in [0.3, 0.4) is 0 Å². The van der Waals surface area contributed by atoms with Crippen LogP contribution in [0.25, 0.3) is 0 Å². The van der Waals surface area contributed by atoms with Gasteiger partial charge in [0, 0.05) is 5.69 Å². The lowest BCUT2D eigenvalue weighted by Gasteiger charge is -2.24. The maximum Gasteiger partial charge on any atom is 0.411 e. The molecule has 0 aliphatic carbocycles. The third-order valence-corrected chi connectivity index (χ3v) is 6.54. The molecule has 3 amide bonds. The van der Waals surface area contributed by atoms with Crippen LogP contribution in [0.2, 0.25) is 0 Å². The molecule has 2 heterocycles. The standard InChI is InChI=1S/C31H29N3O5/c1-21-7-5-10-23(17-21)20-34-28(30(36)32-19-26-11-6-16-38-26)29(39-31(34)37)24-12-14-25(15-13-24)33-27(35)18-22-8-3-2-4-9-22/h2-17,28-29H,18-20H2,1H3,(H,32,36)(H,33,35). The number of nitrogens with zero attached hydrogens (tertiary/aromatic N) is 1. The number of amides is 3. The highest BCUT2D eigenvalue weighted by atomic mass is 16.6. The third kappa shape index (κ3) is 6.35. The maximum atomic E-state index is 13.4. The third-order valence-electron chi connectivity index (χ3n) is 6.54. The second-order valence-corrected chi connectivity index (χ2v) is 9.50. The Kier molecular flexibility index (Phi) is 7.73. The van der Waals surface area contributed by atoms with Crippen molar-refractivity contribution in [3.05, 3.63) is 125 Å². The van der Waals surface area contributed by atoms with Crippen molar-refractivity contribution in [2.24, 2.45) is 0 Å². The number of carbonyl (C=O) groups is 3. The number of rotatable bonds is 9. The minimum atomic E-state index is -0.897. The average molecular weight is 524 g/mol. The zero-order valence-corrected chi connectivity index (χ0v) is 21.5. The Morgan fingerprint density at radius 1 is 0.897 bits per heavy atom. The highest BCUT2D eigenvalue weighted by molar-refractivity contribution is 5.92. The van der Waals surface area contributed by atoms with Crippen LogP contribution in [0.1, 0.15) is 34.1 Å². The highest BCUT2D eigenvalue weighted by Crippen LogP contribution is 2.34. The summed E-state index contributed by atoms with van der Waals surface area (Å²) in [5.74, 6) is 0.113. The lowest BCUT2D eigenvalue weighted by atomic mass is 10.00. The zero-order chi connectivity index (χ0) is 27.2. The molecule has 8 heteroatoms. The predicted octanol–water partition coefficient (Wildman–Crippen LogP) is 5.15. The van der Waals surface area contributed by atoms with Crippen LogP contribution in [-0.2, 0) is 33.8 Å². The molecule has 2 atom stereocenters. The molecular formula is C31H29N3O5. The number of carbonyl (C=O) groups excluding carboxylic acids is 3. The van der Waals surface area contributed by atoms with Crippen molar-refractivity contribution in [2.75, 3.05) is 5.32 Å². The van der Waals surface area contributed by atoms with Gasteiger partial charge in [-0.05, 0) is 47.9 Å². The molecule has 1 aromatic heterocycles. The van der Waals surface area contributed by atoms with Gasteiger partial charge in [0.05, 0.1) is 25.8 Å². The van der Waals surface area contributed by atoms with E-state index in [9.17, 15) is 14.4 Å². The number of anilines is 1. The molecule has 0 bridgehead atoms. The van der Waals surface area contributed by atoms with Gasteiger partial charge in [0.15, 0.2) is 12.1 Å². The van der Waals surface area contributed by atoms with E-state index in [0.717, 1.165) is 16.7 Å². The van der Waals surface area contributed by atoms with Crippen LogP contribution < -0.4 is 10.6 Å². The summed E-state index contributed by atoms with van der Waals surface area (Å²) in [6, 6.07) is 26.9. The van der Waals surface area contributed by atoms with E-state index in [4.69, 9.17) is 9.15 Å². The predicted molar refractivity (Wildman–Crippen MR) is 146 cm³/mol. The molecule has 2 N–H and O–H groups in total. The van der Waals surface area contributed by atoms with E-state index in [2.05, 4.69) is 10.6 Å². The molecule has 3 aromatic carbocycles. The van der Waals surface area contributed by atoms with Gasteiger partial charge in [-0.2, -0.15) is 0 Å². The number of cyclic esters (lactones) is 1. The van der Waals surface area contributed by atoms with Crippen LogP contribution >= 0.6 is 0 Å². The summed E-state index contributed by atoms with van der Waals surface area (Å²) >= 11 is 0. The summed E-state index contributed by atoms with van der Waals surface area (Å²) in [7, 11) is 0. The molecule has 5 rings (SSSR count). The van der Waals surface area contributed by atoms with Crippen molar-refractivity contribution >= 4 is 23.6 Å². The number of aryl methyl sites for hydroxylation is 1. The number of ether oxygens (including phenoxy) is 1. The normalized spacial score (nSPS) is 16.5. The molecule has 8 nitrogen and oxygen atoms in total. The maximum absolute atomic E-state index is 13.4. The lowest BCUT2D eigenvalue weighted by Crippen LogP contribution is -2.46. The van der Waals surface area contributed by atoms with E-state index < -0.39 is 18.2 Å². The fourth-order valence-electron chi connectivity index (χ4n) is 4.65. The first-order valence-corrected chi connectivity index (χ1v) is 12.7. The van der Waals surface area contributed by atoms with E-state index in [-0.39, 0.29) is 31.3 Å². The molecule has 1 aliphatic heterocycles. The van der Waals surface area contributed by atoms with Crippen molar-refractivity contribution in [1.29, 1.82) is 0 Å². The molecule has 198 valence electrons. The minimum Gasteiger partial charge on any atom is -0.467 e. The Hall–Kier alpha value is -4.85. The number of hydrogen-bond donors (Lipinski definition) is 2. The van der Waals surface area contributed by atoms with E-state index in [0.29, 0.717) is 17.0 Å². The highest BCUT2D eigenvalue weighted by Gasteiger charge is 2.47. The van der Waals surface area contributed by atoms with Crippen LogP contribution in [0.5, 0.6) is 0 Å². The number of nitrogens with one attached hydrogen (secondary N) is 2. The lowest BCUT2D eigenvalue weighted by molar-refractivity contribution is -0.126. The van der Waals surface area contributed by atoms with Crippen molar-refractivity contribution in [3.63, 3.8) is 0 Å². The number of hydrogen-bond acceptors (Lipinski definition) is 5. The number of furan rings is 1. The molecule has 39 heavy (non-hydrogen) atoms. The molecular weight excluding hydrogens is 494 g/mol. The van der Waals surface area contributed by atoms with Gasteiger partial charge in [-0.15, -0.1) is 0 Å². The fourth-order valence-corrected chi connectivity index (χ4v) is 4.65. The van der Waals surface area contributed by atoms with E-state index in [1.54, 1.807) is 36.4 Å².